The lowest BCUT2D eigenvalue weighted by molar-refractivity contribution is 0.0954. The van der Waals surface area contributed by atoms with E-state index >= 15 is 0 Å². The Balaban J connectivity index is 1.85. The summed E-state index contributed by atoms with van der Waals surface area (Å²) in [6.45, 7) is 8.07. The lowest BCUT2D eigenvalue weighted by atomic mass is 10.1. The number of nitrogens with one attached hydrogen (secondary N) is 3. The van der Waals surface area contributed by atoms with Crippen molar-refractivity contribution in [3.8, 4) is 0 Å². The highest BCUT2D eigenvalue weighted by molar-refractivity contribution is 6.04. The molecule has 0 saturated heterocycles. The van der Waals surface area contributed by atoms with Gasteiger partial charge in [-0.15, -0.1) is 0 Å². The summed E-state index contributed by atoms with van der Waals surface area (Å²) < 4.78 is 5.56. The van der Waals surface area contributed by atoms with E-state index in [4.69, 9.17) is 4.42 Å². The number of amides is 3. The summed E-state index contributed by atoms with van der Waals surface area (Å²) in [7, 11) is 0. The van der Waals surface area contributed by atoms with Gasteiger partial charge in [-0.25, -0.2) is 4.79 Å². The van der Waals surface area contributed by atoms with Crippen LogP contribution in [-0.2, 0) is 6.54 Å². The van der Waals surface area contributed by atoms with Crippen LogP contribution in [0.3, 0.4) is 0 Å². The Morgan fingerprint density at radius 1 is 0.941 bits per heavy atom. The van der Waals surface area contributed by atoms with Gasteiger partial charge in [0.15, 0.2) is 0 Å². The molecule has 0 aliphatic carbocycles. The molecule has 0 saturated carbocycles. The average Bonchev–Trinajstić information content (AvgIpc) is 3.35. The van der Waals surface area contributed by atoms with Gasteiger partial charge >= 0.3 is 6.03 Å². The van der Waals surface area contributed by atoms with Crippen molar-refractivity contribution in [2.24, 2.45) is 0 Å². The van der Waals surface area contributed by atoms with Crippen molar-refractivity contribution >= 4 is 29.0 Å². The number of furan rings is 1. The Morgan fingerprint density at radius 2 is 1.68 bits per heavy atom. The maximum atomic E-state index is 13.1. The summed E-state index contributed by atoms with van der Waals surface area (Å²) >= 11 is 0. The predicted molar refractivity (Wildman–Crippen MR) is 138 cm³/mol. The highest BCUT2D eigenvalue weighted by Crippen LogP contribution is 2.27. The Labute approximate surface area is 201 Å². The summed E-state index contributed by atoms with van der Waals surface area (Å²) in [5.74, 6) is 0.663. The number of benzene rings is 2. The first-order chi connectivity index (χ1) is 16.5. The van der Waals surface area contributed by atoms with Crippen LogP contribution in [0.4, 0.5) is 21.9 Å². The van der Waals surface area contributed by atoms with Gasteiger partial charge < -0.3 is 25.3 Å². The molecule has 0 aliphatic heterocycles. The molecule has 0 aliphatic rings. The van der Waals surface area contributed by atoms with Crippen LogP contribution in [0.5, 0.6) is 0 Å². The molecule has 3 aromatic rings. The van der Waals surface area contributed by atoms with Crippen molar-refractivity contribution in [3.05, 3.63) is 77.7 Å². The molecule has 180 valence electrons. The monoisotopic (exact) mass is 462 g/mol. The van der Waals surface area contributed by atoms with E-state index in [1.807, 2.05) is 62.4 Å². The molecule has 0 radical (unpaired) electrons. The van der Waals surface area contributed by atoms with E-state index in [-0.39, 0.29) is 11.9 Å². The summed E-state index contributed by atoms with van der Waals surface area (Å²) in [5, 5.41) is 8.63. The molecular formula is C27H34N4O3. The van der Waals surface area contributed by atoms with Gasteiger partial charge in [0.25, 0.3) is 5.91 Å². The lowest BCUT2D eigenvalue weighted by Crippen LogP contribution is -2.30. The molecular weight excluding hydrogens is 428 g/mol. The molecule has 1 heterocycles. The smallest absolute Gasteiger partial charge is 0.323 e. The Hall–Kier alpha value is -3.74. The van der Waals surface area contributed by atoms with Crippen LogP contribution >= 0.6 is 0 Å². The number of urea groups is 1. The second-order valence-corrected chi connectivity index (χ2v) is 8.29. The predicted octanol–water partition coefficient (Wildman–Crippen LogP) is 6.18. The van der Waals surface area contributed by atoms with E-state index < -0.39 is 0 Å². The molecule has 0 atom stereocenters. The fourth-order valence-electron chi connectivity index (χ4n) is 3.56. The summed E-state index contributed by atoms with van der Waals surface area (Å²) in [6, 6.07) is 16.4. The molecule has 2 aromatic carbocycles. The minimum atomic E-state index is -0.366. The van der Waals surface area contributed by atoms with Gasteiger partial charge in [-0.05, 0) is 62.2 Å². The maximum absolute atomic E-state index is 13.1. The fourth-order valence-corrected chi connectivity index (χ4v) is 3.56. The molecule has 7 nitrogen and oxygen atoms in total. The second kappa shape index (κ2) is 12.5. The zero-order valence-corrected chi connectivity index (χ0v) is 20.2. The van der Waals surface area contributed by atoms with Gasteiger partial charge in [0.2, 0.25) is 0 Å². The van der Waals surface area contributed by atoms with Crippen molar-refractivity contribution < 1.29 is 14.0 Å². The third-order valence-electron chi connectivity index (χ3n) is 5.39. The minimum Gasteiger partial charge on any atom is -0.467 e. The molecule has 34 heavy (non-hydrogen) atoms. The van der Waals surface area contributed by atoms with Gasteiger partial charge in [-0.1, -0.05) is 38.0 Å². The maximum Gasteiger partial charge on any atom is 0.323 e. The van der Waals surface area contributed by atoms with E-state index in [9.17, 15) is 9.59 Å². The van der Waals surface area contributed by atoms with Crippen LogP contribution in [0.2, 0.25) is 0 Å². The molecule has 3 rings (SSSR count). The fraction of sp³-hybridized carbons (Fsp3) is 0.333. The molecule has 7 heteroatoms. The SMILES string of the molecule is CCCCN(Cc1ccco1)c1ccc(NC(=O)Nc2ccc(C)cc2)cc1C(=O)NCCC. The quantitative estimate of drug-likeness (QED) is 0.318. The van der Waals surface area contributed by atoms with E-state index in [0.717, 1.165) is 42.8 Å². The Bertz CT molecular complexity index is 1060. The van der Waals surface area contributed by atoms with Crippen molar-refractivity contribution in [3.63, 3.8) is 0 Å². The van der Waals surface area contributed by atoms with Gasteiger partial charge in [0.1, 0.15) is 5.76 Å². The number of hydrogen-bond donors (Lipinski definition) is 3. The molecule has 0 spiro atoms. The highest BCUT2D eigenvalue weighted by Gasteiger charge is 2.19. The molecule has 0 fully saturated rings. The Morgan fingerprint density at radius 3 is 2.35 bits per heavy atom. The van der Waals surface area contributed by atoms with E-state index in [2.05, 4.69) is 27.8 Å². The molecule has 3 N–H and O–H groups in total. The van der Waals surface area contributed by atoms with Crippen LogP contribution in [0.25, 0.3) is 0 Å². The van der Waals surface area contributed by atoms with Crippen molar-refractivity contribution in [2.45, 2.75) is 46.6 Å². The first kappa shape index (κ1) is 24.9. The third kappa shape index (κ3) is 7.13. The normalized spacial score (nSPS) is 10.6. The first-order valence-corrected chi connectivity index (χ1v) is 11.8. The number of carbonyl (C=O) groups excluding carboxylic acids is 2. The van der Waals surface area contributed by atoms with Crippen molar-refractivity contribution in [2.75, 3.05) is 28.6 Å². The van der Waals surface area contributed by atoms with Gasteiger partial charge in [0, 0.05) is 24.5 Å². The molecule has 0 unspecified atom stereocenters. The molecule has 0 bridgehead atoms. The van der Waals surface area contributed by atoms with Crippen LogP contribution in [0.1, 0.15) is 54.8 Å². The molecule has 3 amide bonds. The third-order valence-corrected chi connectivity index (χ3v) is 5.39. The number of carbonyl (C=O) groups is 2. The van der Waals surface area contributed by atoms with Gasteiger partial charge in [-0.2, -0.15) is 0 Å². The van der Waals surface area contributed by atoms with Gasteiger partial charge in [-0.3, -0.25) is 4.79 Å². The number of aryl methyl sites for hydroxylation is 1. The van der Waals surface area contributed by atoms with Crippen LogP contribution in [0, 0.1) is 6.92 Å². The highest BCUT2D eigenvalue weighted by atomic mass is 16.3. The topological polar surface area (TPSA) is 86.6 Å². The number of hydrogen-bond acceptors (Lipinski definition) is 4. The number of anilines is 3. The zero-order valence-electron chi connectivity index (χ0n) is 20.2. The summed E-state index contributed by atoms with van der Waals surface area (Å²) in [5.41, 5.74) is 3.69. The van der Waals surface area contributed by atoms with Gasteiger partial charge in [0.05, 0.1) is 24.1 Å². The average molecular weight is 463 g/mol. The van der Waals surface area contributed by atoms with Crippen LogP contribution < -0.4 is 20.9 Å². The first-order valence-electron chi connectivity index (χ1n) is 11.8. The van der Waals surface area contributed by atoms with Crippen molar-refractivity contribution in [1.82, 2.24) is 5.32 Å². The minimum absolute atomic E-state index is 0.166. The standard InChI is InChI=1S/C27H34N4O3/c1-4-6-16-31(19-23-8-7-17-34-23)25-14-13-22(18-24(25)26(32)28-15-5-2)30-27(33)29-21-11-9-20(3)10-12-21/h7-14,17-18H,4-6,15-16,19H2,1-3H3,(H,28,32)(H2,29,30,33). The molecule has 1 aromatic heterocycles. The number of nitrogens with zero attached hydrogens (tertiary/aromatic N) is 1. The zero-order chi connectivity index (χ0) is 24.3. The van der Waals surface area contributed by atoms with E-state index in [0.29, 0.717) is 30.0 Å². The van der Waals surface area contributed by atoms with E-state index in [1.54, 1.807) is 12.3 Å². The van der Waals surface area contributed by atoms with Crippen LogP contribution in [-0.4, -0.2) is 25.0 Å². The summed E-state index contributed by atoms with van der Waals surface area (Å²) in [4.78, 5) is 27.8. The second-order valence-electron chi connectivity index (χ2n) is 8.29. The van der Waals surface area contributed by atoms with Crippen LogP contribution in [0.15, 0.2) is 65.3 Å². The number of unbranched alkanes of at least 4 members (excludes halogenated alkanes) is 1. The largest absolute Gasteiger partial charge is 0.467 e. The number of rotatable bonds is 11. The van der Waals surface area contributed by atoms with E-state index in [1.165, 1.54) is 0 Å². The van der Waals surface area contributed by atoms with Crippen molar-refractivity contribution in [1.29, 1.82) is 0 Å². The summed E-state index contributed by atoms with van der Waals surface area (Å²) in [6.07, 6.45) is 4.51. The lowest BCUT2D eigenvalue weighted by Gasteiger charge is -2.26. The Kier molecular flexibility index (Phi) is 9.14.